The van der Waals surface area contributed by atoms with E-state index in [9.17, 15) is 18.0 Å². The lowest BCUT2D eigenvalue weighted by Crippen LogP contribution is -2.23. The third-order valence-corrected chi connectivity index (χ3v) is 5.58. The second-order valence-electron chi connectivity index (χ2n) is 6.56. The molecule has 0 bridgehead atoms. The number of anilines is 2. The highest BCUT2D eigenvalue weighted by atomic mass is 32.2. The van der Waals surface area contributed by atoms with E-state index in [1.807, 2.05) is 0 Å². The van der Waals surface area contributed by atoms with E-state index in [1.54, 1.807) is 54.6 Å². The van der Waals surface area contributed by atoms with Gasteiger partial charge in [-0.2, -0.15) is 0 Å². The summed E-state index contributed by atoms with van der Waals surface area (Å²) in [5.74, 6) is -0.471. The monoisotopic (exact) mass is 423 g/mol. The van der Waals surface area contributed by atoms with Crippen LogP contribution in [0.1, 0.15) is 22.8 Å². The van der Waals surface area contributed by atoms with Gasteiger partial charge in [-0.1, -0.05) is 30.3 Å². The Hall–Kier alpha value is -3.65. The van der Waals surface area contributed by atoms with Crippen LogP contribution in [-0.4, -0.2) is 20.2 Å². The highest BCUT2D eigenvalue weighted by Crippen LogP contribution is 2.16. The summed E-state index contributed by atoms with van der Waals surface area (Å²) in [4.78, 5) is 23.5. The molecule has 0 spiro atoms. The van der Waals surface area contributed by atoms with Crippen molar-refractivity contribution in [2.45, 2.75) is 18.4 Å². The third-order valence-electron chi connectivity index (χ3n) is 4.18. The molecule has 0 aliphatic heterocycles. The minimum Gasteiger partial charge on any atom is -0.348 e. The van der Waals surface area contributed by atoms with Gasteiger partial charge in [-0.15, -0.1) is 0 Å². The lowest BCUT2D eigenvalue weighted by Gasteiger charge is -2.09. The molecule has 0 aliphatic carbocycles. The summed E-state index contributed by atoms with van der Waals surface area (Å²) in [7, 11) is -3.74. The molecule has 0 saturated carbocycles. The SMILES string of the molecule is CC(=O)Nc1ccc(CNC(=O)c2ccc(S(=O)(=O)Nc3ccccc3)cc2)cc1. The fraction of sp³-hybridized carbons (Fsp3) is 0.0909. The number of carbonyl (C=O) groups excluding carboxylic acids is 2. The zero-order chi connectivity index (χ0) is 21.6. The Morgan fingerprint density at radius 2 is 1.43 bits per heavy atom. The summed E-state index contributed by atoms with van der Waals surface area (Å²) in [5, 5.41) is 5.46. The van der Waals surface area contributed by atoms with E-state index in [1.165, 1.54) is 31.2 Å². The third kappa shape index (κ3) is 5.68. The van der Waals surface area contributed by atoms with Crippen molar-refractivity contribution in [3.05, 3.63) is 90.0 Å². The van der Waals surface area contributed by atoms with E-state index in [-0.39, 0.29) is 16.7 Å². The van der Waals surface area contributed by atoms with Gasteiger partial charge < -0.3 is 10.6 Å². The van der Waals surface area contributed by atoms with E-state index in [2.05, 4.69) is 15.4 Å². The van der Waals surface area contributed by atoms with Crippen molar-refractivity contribution in [2.75, 3.05) is 10.0 Å². The van der Waals surface area contributed by atoms with Crippen molar-refractivity contribution in [3.8, 4) is 0 Å². The largest absolute Gasteiger partial charge is 0.348 e. The number of carbonyl (C=O) groups is 2. The van der Waals surface area contributed by atoms with Crippen LogP contribution in [0.2, 0.25) is 0 Å². The maximum atomic E-state index is 12.4. The Bertz CT molecular complexity index is 1130. The fourth-order valence-electron chi connectivity index (χ4n) is 2.70. The first-order chi connectivity index (χ1) is 14.3. The molecule has 0 aromatic heterocycles. The maximum Gasteiger partial charge on any atom is 0.261 e. The van der Waals surface area contributed by atoms with Crippen LogP contribution in [0.3, 0.4) is 0 Å². The van der Waals surface area contributed by atoms with E-state index in [4.69, 9.17) is 0 Å². The molecule has 3 rings (SSSR count). The van der Waals surface area contributed by atoms with Crippen molar-refractivity contribution in [1.29, 1.82) is 0 Å². The van der Waals surface area contributed by atoms with E-state index >= 15 is 0 Å². The number of hydrogen-bond acceptors (Lipinski definition) is 4. The summed E-state index contributed by atoms with van der Waals surface area (Å²) < 4.78 is 27.4. The molecular weight excluding hydrogens is 402 g/mol. The van der Waals surface area contributed by atoms with Crippen molar-refractivity contribution in [2.24, 2.45) is 0 Å². The first-order valence-corrected chi connectivity index (χ1v) is 10.6. The first kappa shape index (κ1) is 21.1. The Balaban J connectivity index is 1.60. The molecule has 0 atom stereocenters. The van der Waals surface area contributed by atoms with Crippen molar-refractivity contribution < 1.29 is 18.0 Å². The van der Waals surface area contributed by atoms with Gasteiger partial charge in [-0.05, 0) is 54.1 Å². The van der Waals surface area contributed by atoms with Crippen LogP contribution in [0.5, 0.6) is 0 Å². The Morgan fingerprint density at radius 1 is 0.800 bits per heavy atom. The molecule has 0 saturated heterocycles. The fourth-order valence-corrected chi connectivity index (χ4v) is 3.76. The van der Waals surface area contributed by atoms with Gasteiger partial charge in [0.05, 0.1) is 4.90 Å². The number of hydrogen-bond donors (Lipinski definition) is 3. The van der Waals surface area contributed by atoms with E-state index < -0.39 is 10.0 Å². The van der Waals surface area contributed by atoms with Gasteiger partial charge in [-0.3, -0.25) is 14.3 Å². The van der Waals surface area contributed by atoms with Crippen LogP contribution in [0.15, 0.2) is 83.8 Å². The minimum absolute atomic E-state index is 0.0662. The second-order valence-corrected chi connectivity index (χ2v) is 8.24. The predicted molar refractivity (Wildman–Crippen MR) is 116 cm³/mol. The van der Waals surface area contributed by atoms with Gasteiger partial charge in [-0.25, -0.2) is 8.42 Å². The average Bonchev–Trinajstić information content (AvgIpc) is 2.73. The number of benzene rings is 3. The molecule has 3 aromatic carbocycles. The van der Waals surface area contributed by atoms with Crippen LogP contribution in [0, 0.1) is 0 Å². The molecule has 8 heteroatoms. The van der Waals surface area contributed by atoms with Crippen molar-refractivity contribution in [3.63, 3.8) is 0 Å². The van der Waals surface area contributed by atoms with Gasteiger partial charge in [0.2, 0.25) is 5.91 Å². The molecule has 7 nitrogen and oxygen atoms in total. The molecular formula is C22H21N3O4S. The second kappa shape index (κ2) is 9.23. The first-order valence-electron chi connectivity index (χ1n) is 9.16. The molecule has 2 amide bonds. The van der Waals surface area contributed by atoms with Crippen LogP contribution >= 0.6 is 0 Å². The van der Waals surface area contributed by atoms with Crippen LogP contribution in [0.4, 0.5) is 11.4 Å². The zero-order valence-electron chi connectivity index (χ0n) is 16.3. The molecule has 0 fully saturated rings. The zero-order valence-corrected chi connectivity index (χ0v) is 17.1. The van der Waals surface area contributed by atoms with Gasteiger partial charge in [0, 0.05) is 30.4 Å². The number of rotatable bonds is 7. The lowest BCUT2D eigenvalue weighted by molar-refractivity contribution is -0.114. The highest BCUT2D eigenvalue weighted by Gasteiger charge is 2.15. The minimum atomic E-state index is -3.74. The Kier molecular flexibility index (Phi) is 6.48. The molecule has 0 aliphatic rings. The maximum absolute atomic E-state index is 12.4. The molecule has 0 unspecified atom stereocenters. The molecule has 30 heavy (non-hydrogen) atoms. The molecule has 0 heterocycles. The lowest BCUT2D eigenvalue weighted by atomic mass is 10.2. The number of sulfonamides is 1. The van der Waals surface area contributed by atoms with E-state index in [0.29, 0.717) is 23.5 Å². The van der Waals surface area contributed by atoms with Crippen LogP contribution in [-0.2, 0) is 21.4 Å². The average molecular weight is 423 g/mol. The summed E-state index contributed by atoms with van der Waals surface area (Å²) in [6, 6.07) is 21.4. The number of nitrogens with one attached hydrogen (secondary N) is 3. The molecule has 154 valence electrons. The van der Waals surface area contributed by atoms with Crippen molar-refractivity contribution in [1.82, 2.24) is 5.32 Å². The molecule has 0 radical (unpaired) electrons. The topological polar surface area (TPSA) is 104 Å². The van der Waals surface area contributed by atoms with Crippen molar-refractivity contribution >= 4 is 33.2 Å². The molecule has 3 aromatic rings. The van der Waals surface area contributed by atoms with Crippen LogP contribution in [0.25, 0.3) is 0 Å². The summed E-state index contributed by atoms with van der Waals surface area (Å²) in [6.45, 7) is 1.73. The van der Waals surface area contributed by atoms with Gasteiger partial charge in [0.25, 0.3) is 15.9 Å². The summed E-state index contributed by atoms with van der Waals surface area (Å²) in [5.41, 5.74) is 2.36. The predicted octanol–water partition coefficient (Wildman–Crippen LogP) is 3.38. The quantitative estimate of drug-likeness (QED) is 0.542. The smallest absolute Gasteiger partial charge is 0.261 e. The van der Waals surface area contributed by atoms with Crippen LogP contribution < -0.4 is 15.4 Å². The standard InChI is InChI=1S/C22H21N3O4S/c1-16(26)24-19-11-7-17(8-12-19)15-23-22(27)18-9-13-21(14-10-18)30(28,29)25-20-5-3-2-4-6-20/h2-14,25H,15H2,1H3,(H,23,27)(H,24,26). The van der Waals surface area contributed by atoms with Gasteiger partial charge in [0.15, 0.2) is 0 Å². The number of amides is 2. The van der Waals surface area contributed by atoms with Gasteiger partial charge >= 0.3 is 0 Å². The number of para-hydroxylation sites is 1. The van der Waals surface area contributed by atoms with E-state index in [0.717, 1.165) is 5.56 Å². The highest BCUT2D eigenvalue weighted by molar-refractivity contribution is 7.92. The molecule has 3 N–H and O–H groups in total. The Morgan fingerprint density at radius 3 is 2.03 bits per heavy atom. The normalized spacial score (nSPS) is 10.8. The summed E-state index contributed by atoms with van der Waals surface area (Å²) in [6.07, 6.45) is 0. The summed E-state index contributed by atoms with van der Waals surface area (Å²) >= 11 is 0. The Labute approximate surface area is 175 Å². The van der Waals surface area contributed by atoms with Gasteiger partial charge in [0.1, 0.15) is 0 Å².